The number of rotatable bonds is 3. The molecule has 3 nitrogen and oxygen atoms in total. The molecule has 0 aliphatic carbocycles. The van der Waals surface area contributed by atoms with Gasteiger partial charge in [0, 0.05) is 11.6 Å². The third-order valence-corrected chi connectivity index (χ3v) is 4.31. The monoisotopic (exact) mass is 355 g/mol. The second-order valence-corrected chi connectivity index (χ2v) is 6.03. The summed E-state index contributed by atoms with van der Waals surface area (Å²) in [7, 11) is 0. The first kappa shape index (κ1) is 15.1. The number of furan rings is 1. The van der Waals surface area contributed by atoms with Crippen molar-refractivity contribution in [1.82, 2.24) is 4.98 Å². The molecule has 0 saturated carbocycles. The van der Waals surface area contributed by atoms with Crippen LogP contribution in [0.1, 0.15) is 11.5 Å². The van der Waals surface area contributed by atoms with Crippen molar-refractivity contribution in [2.75, 3.05) is 0 Å². The van der Waals surface area contributed by atoms with Crippen molar-refractivity contribution < 1.29 is 8.83 Å². The standard InChI is InChI=1S/C19H11Cl2NO2/c20-14-6-3-12(10-15(14)21)4-8-19-22-16-11-13(5-7-18(16)24-19)17-2-1-9-23-17/h1-11H/b8-4+. The van der Waals surface area contributed by atoms with Gasteiger partial charge in [0.15, 0.2) is 5.58 Å². The first-order valence-corrected chi connectivity index (χ1v) is 8.02. The van der Waals surface area contributed by atoms with E-state index in [4.69, 9.17) is 32.0 Å². The number of halogens is 2. The Morgan fingerprint density at radius 1 is 0.917 bits per heavy atom. The molecular weight excluding hydrogens is 345 g/mol. The third-order valence-electron chi connectivity index (χ3n) is 3.57. The van der Waals surface area contributed by atoms with E-state index in [1.165, 1.54) is 0 Å². The van der Waals surface area contributed by atoms with Gasteiger partial charge >= 0.3 is 0 Å². The Labute approximate surface area is 148 Å². The Balaban J connectivity index is 1.65. The van der Waals surface area contributed by atoms with Crippen LogP contribution < -0.4 is 0 Å². The number of fused-ring (bicyclic) bond motifs is 1. The molecule has 0 atom stereocenters. The predicted molar refractivity (Wildman–Crippen MR) is 97.1 cm³/mol. The van der Waals surface area contributed by atoms with Gasteiger partial charge in [-0.25, -0.2) is 4.98 Å². The molecule has 0 fully saturated rings. The van der Waals surface area contributed by atoms with Crippen molar-refractivity contribution in [1.29, 1.82) is 0 Å². The summed E-state index contributed by atoms with van der Waals surface area (Å²) in [6.07, 6.45) is 5.32. The zero-order valence-electron chi connectivity index (χ0n) is 12.4. The number of oxazole rings is 1. The molecule has 2 aromatic carbocycles. The molecule has 2 aromatic heterocycles. The quantitative estimate of drug-likeness (QED) is 0.417. The van der Waals surface area contributed by atoms with Crippen LogP contribution in [-0.4, -0.2) is 4.98 Å². The summed E-state index contributed by atoms with van der Waals surface area (Å²) in [6.45, 7) is 0. The molecule has 0 aliphatic heterocycles. The molecule has 118 valence electrons. The SMILES string of the molecule is Clc1ccc(/C=C/c2nc3cc(-c4ccco4)ccc3o2)cc1Cl. The van der Waals surface area contributed by atoms with Crippen LogP contribution >= 0.6 is 23.2 Å². The summed E-state index contributed by atoms with van der Waals surface area (Å²) in [5.41, 5.74) is 3.38. The van der Waals surface area contributed by atoms with Gasteiger partial charge < -0.3 is 8.83 Å². The van der Waals surface area contributed by atoms with Gasteiger partial charge in [0.25, 0.3) is 0 Å². The van der Waals surface area contributed by atoms with Gasteiger partial charge in [0.1, 0.15) is 11.3 Å². The molecule has 4 rings (SSSR count). The molecular formula is C19H11Cl2NO2. The summed E-state index contributed by atoms with van der Waals surface area (Å²) >= 11 is 11.9. The second-order valence-electron chi connectivity index (χ2n) is 5.22. The summed E-state index contributed by atoms with van der Waals surface area (Å²) in [5, 5.41) is 1.04. The number of hydrogen-bond donors (Lipinski definition) is 0. The molecule has 0 saturated heterocycles. The van der Waals surface area contributed by atoms with E-state index in [-0.39, 0.29) is 0 Å². The fourth-order valence-electron chi connectivity index (χ4n) is 2.40. The van der Waals surface area contributed by atoms with Crippen LogP contribution in [0.3, 0.4) is 0 Å². The first-order valence-electron chi connectivity index (χ1n) is 7.27. The summed E-state index contributed by atoms with van der Waals surface area (Å²) in [5.74, 6) is 1.32. The van der Waals surface area contributed by atoms with Gasteiger partial charge in [-0.2, -0.15) is 0 Å². The highest BCUT2D eigenvalue weighted by atomic mass is 35.5. The van der Waals surface area contributed by atoms with Gasteiger partial charge in [-0.05, 0) is 54.1 Å². The molecule has 0 radical (unpaired) electrons. The Morgan fingerprint density at radius 2 is 1.83 bits per heavy atom. The maximum Gasteiger partial charge on any atom is 0.220 e. The van der Waals surface area contributed by atoms with Gasteiger partial charge in [0.2, 0.25) is 5.89 Å². The minimum absolute atomic E-state index is 0.513. The van der Waals surface area contributed by atoms with Crippen LogP contribution in [-0.2, 0) is 0 Å². The van der Waals surface area contributed by atoms with Gasteiger partial charge in [-0.3, -0.25) is 0 Å². The topological polar surface area (TPSA) is 39.2 Å². The molecule has 0 aliphatic rings. The highest BCUT2D eigenvalue weighted by Crippen LogP contribution is 2.26. The highest BCUT2D eigenvalue weighted by Gasteiger charge is 2.07. The lowest BCUT2D eigenvalue weighted by Gasteiger charge is -1.96. The second kappa shape index (κ2) is 6.19. The molecule has 0 bridgehead atoms. The fraction of sp³-hybridized carbons (Fsp3) is 0. The molecule has 4 aromatic rings. The maximum atomic E-state index is 6.01. The predicted octanol–water partition coefficient (Wildman–Crippen LogP) is 6.57. The lowest BCUT2D eigenvalue weighted by atomic mass is 10.1. The number of benzene rings is 2. The number of aromatic nitrogens is 1. The number of nitrogens with zero attached hydrogens (tertiary/aromatic N) is 1. The summed E-state index contributed by atoms with van der Waals surface area (Å²) in [6, 6.07) is 15.0. The largest absolute Gasteiger partial charge is 0.464 e. The van der Waals surface area contributed by atoms with Crippen molar-refractivity contribution >= 4 is 46.5 Å². The van der Waals surface area contributed by atoms with Crippen molar-refractivity contribution in [3.63, 3.8) is 0 Å². The van der Waals surface area contributed by atoms with Crippen LogP contribution in [0.4, 0.5) is 0 Å². The van der Waals surface area contributed by atoms with Crippen molar-refractivity contribution in [2.45, 2.75) is 0 Å². The summed E-state index contributed by atoms with van der Waals surface area (Å²) in [4.78, 5) is 4.48. The molecule has 0 spiro atoms. The average molecular weight is 356 g/mol. The van der Waals surface area contributed by atoms with E-state index in [0.717, 1.165) is 28.0 Å². The normalized spacial score (nSPS) is 11.6. The van der Waals surface area contributed by atoms with Gasteiger partial charge in [-0.15, -0.1) is 0 Å². The van der Waals surface area contributed by atoms with Crippen molar-refractivity contribution in [3.8, 4) is 11.3 Å². The van der Waals surface area contributed by atoms with Gasteiger partial charge in [0.05, 0.1) is 16.3 Å². The van der Waals surface area contributed by atoms with Crippen molar-refractivity contribution in [3.05, 3.63) is 76.3 Å². The smallest absolute Gasteiger partial charge is 0.220 e. The Morgan fingerprint density at radius 3 is 2.62 bits per heavy atom. The molecule has 24 heavy (non-hydrogen) atoms. The van der Waals surface area contributed by atoms with E-state index in [1.54, 1.807) is 24.5 Å². The number of hydrogen-bond acceptors (Lipinski definition) is 3. The summed E-state index contributed by atoms with van der Waals surface area (Å²) < 4.78 is 11.1. The zero-order chi connectivity index (χ0) is 16.5. The minimum atomic E-state index is 0.513. The fourth-order valence-corrected chi connectivity index (χ4v) is 2.70. The van der Waals surface area contributed by atoms with E-state index >= 15 is 0 Å². The molecule has 5 heteroatoms. The van der Waals surface area contributed by atoms with Crippen LogP contribution in [0.15, 0.2) is 63.6 Å². The van der Waals surface area contributed by atoms with Crippen LogP contribution in [0.2, 0.25) is 10.0 Å². The van der Waals surface area contributed by atoms with E-state index in [1.807, 2.05) is 42.5 Å². The Bertz CT molecular complexity index is 1030. The maximum absolute atomic E-state index is 6.01. The van der Waals surface area contributed by atoms with E-state index in [2.05, 4.69) is 4.98 Å². The Kier molecular flexibility index (Phi) is 3.89. The minimum Gasteiger partial charge on any atom is -0.464 e. The molecule has 2 heterocycles. The zero-order valence-corrected chi connectivity index (χ0v) is 13.9. The first-order chi connectivity index (χ1) is 11.7. The average Bonchev–Trinajstić information content (AvgIpc) is 3.24. The highest BCUT2D eigenvalue weighted by molar-refractivity contribution is 6.42. The third kappa shape index (κ3) is 2.96. The van der Waals surface area contributed by atoms with E-state index < -0.39 is 0 Å². The molecule has 0 N–H and O–H groups in total. The molecule has 0 amide bonds. The molecule has 0 unspecified atom stereocenters. The van der Waals surface area contributed by atoms with E-state index in [0.29, 0.717) is 15.9 Å². The Hall–Kier alpha value is -2.49. The lowest BCUT2D eigenvalue weighted by molar-refractivity contribution is 0.582. The van der Waals surface area contributed by atoms with Crippen LogP contribution in [0.25, 0.3) is 34.6 Å². The van der Waals surface area contributed by atoms with Crippen LogP contribution in [0, 0.1) is 0 Å². The lowest BCUT2D eigenvalue weighted by Crippen LogP contribution is -1.75. The van der Waals surface area contributed by atoms with Gasteiger partial charge in [-0.1, -0.05) is 29.3 Å². The van der Waals surface area contributed by atoms with Crippen molar-refractivity contribution in [2.24, 2.45) is 0 Å². The van der Waals surface area contributed by atoms with Crippen LogP contribution in [0.5, 0.6) is 0 Å². The van der Waals surface area contributed by atoms with E-state index in [9.17, 15) is 0 Å².